The van der Waals surface area contributed by atoms with Crippen LogP contribution in [0.1, 0.15) is 0 Å². The highest BCUT2D eigenvalue weighted by molar-refractivity contribution is 6.44. The largest absolute Gasteiger partial charge is 0.496 e. The average Bonchev–Trinajstić information content (AvgIpc) is 2.61. The van der Waals surface area contributed by atoms with E-state index in [0.29, 0.717) is 0 Å². The lowest BCUT2D eigenvalue weighted by Gasteiger charge is -2.17. The van der Waals surface area contributed by atoms with Gasteiger partial charge in [0.2, 0.25) is 0 Å². The van der Waals surface area contributed by atoms with Gasteiger partial charge in [0.25, 0.3) is 0 Å². The van der Waals surface area contributed by atoms with E-state index in [-0.39, 0.29) is 0 Å². The number of rotatable bonds is 1. The normalized spacial score (nSPS) is 11.9. The summed E-state index contributed by atoms with van der Waals surface area (Å²) in [4.78, 5) is 0. The summed E-state index contributed by atoms with van der Waals surface area (Å²) in [6.45, 7) is 0. The van der Waals surface area contributed by atoms with Crippen LogP contribution in [0.3, 0.4) is 0 Å². The van der Waals surface area contributed by atoms with Crippen LogP contribution in [0, 0.1) is 0 Å². The molecule has 1 nitrogen and oxygen atoms in total. The molecule has 0 saturated heterocycles. The van der Waals surface area contributed by atoms with Gasteiger partial charge in [-0.1, -0.05) is 60.1 Å². The minimum Gasteiger partial charge on any atom is -0.496 e. The van der Waals surface area contributed by atoms with Gasteiger partial charge < -0.3 is 4.74 Å². The van der Waals surface area contributed by atoms with E-state index in [9.17, 15) is 0 Å². The van der Waals surface area contributed by atoms with Crippen LogP contribution in [-0.2, 0) is 0 Å². The number of benzene rings is 5. The topological polar surface area (TPSA) is 9.23 Å². The smallest absolute Gasteiger partial charge is 0.127 e. The van der Waals surface area contributed by atoms with Crippen molar-refractivity contribution in [3.05, 3.63) is 65.7 Å². The maximum absolute atomic E-state index is 6.60. The second-order valence-electron chi connectivity index (χ2n) is 5.87. The molecule has 5 aromatic carbocycles. The Kier molecular flexibility index (Phi) is 2.54. The lowest BCUT2D eigenvalue weighted by molar-refractivity contribution is 0.420. The van der Waals surface area contributed by atoms with Gasteiger partial charge in [-0.2, -0.15) is 0 Å². The number of hydrogen-bond acceptors (Lipinski definition) is 1. The van der Waals surface area contributed by atoms with E-state index in [0.717, 1.165) is 16.2 Å². The SMILES string of the molecule is COc1ccc2ccc3ccc(Cl)c4c5ccccc5c1c2c34. The number of fused-ring (bicyclic) bond motifs is 3. The number of hydrogen-bond donors (Lipinski definition) is 0. The Morgan fingerprint density at radius 2 is 1.22 bits per heavy atom. The van der Waals surface area contributed by atoms with E-state index in [1.165, 1.54) is 37.7 Å². The van der Waals surface area contributed by atoms with E-state index in [1.54, 1.807) is 7.11 Å². The summed E-state index contributed by atoms with van der Waals surface area (Å²) in [5.41, 5.74) is 0. The molecule has 0 fully saturated rings. The Morgan fingerprint density at radius 1 is 0.652 bits per heavy atom. The number of ether oxygens (including phenoxy) is 1. The highest BCUT2D eigenvalue weighted by atomic mass is 35.5. The summed E-state index contributed by atoms with van der Waals surface area (Å²) < 4.78 is 5.68. The molecule has 0 N–H and O–H groups in total. The van der Waals surface area contributed by atoms with E-state index < -0.39 is 0 Å². The molecule has 110 valence electrons. The van der Waals surface area contributed by atoms with Gasteiger partial charge in [-0.3, -0.25) is 0 Å². The number of methoxy groups -OCH3 is 1. The third-order valence-electron chi connectivity index (χ3n) is 4.76. The Labute approximate surface area is 138 Å². The van der Waals surface area contributed by atoms with E-state index in [4.69, 9.17) is 16.3 Å². The predicted molar refractivity (Wildman–Crippen MR) is 99.2 cm³/mol. The zero-order valence-electron chi connectivity index (χ0n) is 12.6. The van der Waals surface area contributed by atoms with Gasteiger partial charge in [0.1, 0.15) is 5.75 Å². The molecule has 0 spiro atoms. The van der Waals surface area contributed by atoms with Gasteiger partial charge in [0, 0.05) is 21.2 Å². The van der Waals surface area contributed by atoms with Gasteiger partial charge in [0.05, 0.1) is 7.11 Å². The monoisotopic (exact) mass is 316 g/mol. The fourth-order valence-corrected chi connectivity index (χ4v) is 4.07. The fourth-order valence-electron chi connectivity index (χ4n) is 3.81. The van der Waals surface area contributed by atoms with Crippen LogP contribution in [0.4, 0.5) is 0 Å². The summed E-state index contributed by atoms with van der Waals surface area (Å²) in [6.07, 6.45) is 0. The molecule has 0 atom stereocenters. The Hall–Kier alpha value is -2.51. The van der Waals surface area contributed by atoms with Crippen LogP contribution < -0.4 is 4.74 Å². The van der Waals surface area contributed by atoms with Gasteiger partial charge in [-0.05, 0) is 39.1 Å². The Bertz CT molecular complexity index is 1210. The molecule has 5 aromatic rings. The Morgan fingerprint density at radius 3 is 1.91 bits per heavy atom. The fraction of sp³-hybridized carbons (Fsp3) is 0.0476. The molecular weight excluding hydrogens is 304 g/mol. The molecule has 0 aliphatic rings. The minimum atomic E-state index is 0.797. The summed E-state index contributed by atoms with van der Waals surface area (Å²) in [5.74, 6) is 0.906. The second-order valence-corrected chi connectivity index (χ2v) is 6.28. The second kappa shape index (κ2) is 4.50. The molecule has 0 amide bonds. The molecule has 0 unspecified atom stereocenters. The van der Waals surface area contributed by atoms with Crippen LogP contribution in [0.25, 0.3) is 43.1 Å². The maximum Gasteiger partial charge on any atom is 0.127 e. The van der Waals surface area contributed by atoms with Crippen molar-refractivity contribution in [3.63, 3.8) is 0 Å². The molecule has 0 aromatic heterocycles. The maximum atomic E-state index is 6.60. The lowest BCUT2D eigenvalue weighted by atomic mass is 9.89. The quantitative estimate of drug-likeness (QED) is 0.257. The number of halogens is 1. The van der Waals surface area contributed by atoms with E-state index >= 15 is 0 Å². The molecule has 5 rings (SSSR count). The van der Waals surface area contributed by atoms with Crippen LogP contribution in [0.2, 0.25) is 5.02 Å². The van der Waals surface area contributed by atoms with Crippen molar-refractivity contribution in [1.82, 2.24) is 0 Å². The summed E-state index contributed by atoms with van der Waals surface area (Å²) in [7, 11) is 1.73. The van der Waals surface area contributed by atoms with Crippen molar-refractivity contribution in [2.75, 3.05) is 7.11 Å². The van der Waals surface area contributed by atoms with Crippen LogP contribution >= 0.6 is 11.6 Å². The minimum absolute atomic E-state index is 0.797. The van der Waals surface area contributed by atoms with E-state index in [2.05, 4.69) is 54.6 Å². The van der Waals surface area contributed by atoms with Crippen molar-refractivity contribution in [1.29, 1.82) is 0 Å². The molecule has 23 heavy (non-hydrogen) atoms. The third-order valence-corrected chi connectivity index (χ3v) is 5.08. The molecule has 0 heterocycles. The van der Waals surface area contributed by atoms with Gasteiger partial charge >= 0.3 is 0 Å². The van der Waals surface area contributed by atoms with Crippen LogP contribution in [-0.4, -0.2) is 7.11 Å². The molecule has 0 bridgehead atoms. The Balaban J connectivity index is 2.30. The van der Waals surface area contributed by atoms with Crippen molar-refractivity contribution < 1.29 is 4.74 Å². The first-order chi connectivity index (χ1) is 11.3. The standard InChI is InChI=1S/C21H13ClO/c1-23-17-11-9-13-7-6-12-8-10-16(22)20-14-4-2-3-5-15(14)21(17)19(13)18(12)20/h2-11H,1H3. The first-order valence-corrected chi connectivity index (χ1v) is 7.99. The highest BCUT2D eigenvalue weighted by Gasteiger charge is 2.17. The van der Waals surface area contributed by atoms with Crippen molar-refractivity contribution in [2.45, 2.75) is 0 Å². The zero-order chi connectivity index (χ0) is 15.6. The summed E-state index contributed by atoms with van der Waals surface area (Å²) in [5, 5.41) is 10.3. The van der Waals surface area contributed by atoms with E-state index in [1.807, 2.05) is 6.07 Å². The molecular formula is C21H13ClO. The summed E-state index contributed by atoms with van der Waals surface area (Å²) >= 11 is 6.60. The van der Waals surface area contributed by atoms with Gasteiger partial charge in [-0.15, -0.1) is 0 Å². The van der Waals surface area contributed by atoms with Gasteiger partial charge in [0.15, 0.2) is 0 Å². The van der Waals surface area contributed by atoms with Crippen molar-refractivity contribution >= 4 is 54.7 Å². The van der Waals surface area contributed by atoms with Crippen molar-refractivity contribution in [3.8, 4) is 5.75 Å². The molecule has 0 radical (unpaired) electrons. The molecule has 0 aliphatic heterocycles. The summed E-state index contributed by atoms with van der Waals surface area (Å²) in [6, 6.07) is 21.0. The first kappa shape index (κ1) is 13.0. The average molecular weight is 317 g/mol. The predicted octanol–water partition coefficient (Wildman–Crippen LogP) is 6.40. The molecule has 0 aliphatic carbocycles. The highest BCUT2D eigenvalue weighted by Crippen LogP contribution is 2.45. The zero-order valence-corrected chi connectivity index (χ0v) is 13.3. The van der Waals surface area contributed by atoms with Crippen LogP contribution in [0.15, 0.2) is 60.7 Å². The van der Waals surface area contributed by atoms with Crippen LogP contribution in [0.5, 0.6) is 5.75 Å². The third kappa shape index (κ3) is 1.58. The first-order valence-electron chi connectivity index (χ1n) is 7.61. The molecule has 2 heteroatoms. The van der Waals surface area contributed by atoms with Crippen molar-refractivity contribution in [2.24, 2.45) is 0 Å². The molecule has 0 saturated carbocycles. The lowest BCUT2D eigenvalue weighted by Crippen LogP contribution is -1.91. The van der Waals surface area contributed by atoms with Gasteiger partial charge in [-0.25, -0.2) is 0 Å².